The van der Waals surface area contributed by atoms with Crippen LogP contribution in [0, 0.1) is 5.82 Å². The van der Waals surface area contributed by atoms with Crippen LogP contribution in [0.15, 0.2) is 97.8 Å². The third-order valence-electron chi connectivity index (χ3n) is 7.73. The second kappa shape index (κ2) is 10.8. The van der Waals surface area contributed by atoms with Crippen LogP contribution in [0.2, 0.25) is 0 Å². The fourth-order valence-electron chi connectivity index (χ4n) is 5.31. The van der Waals surface area contributed by atoms with E-state index in [-0.39, 0.29) is 13.1 Å². The molecule has 3 aromatic carbocycles. The second-order valence-electron chi connectivity index (χ2n) is 10.7. The third kappa shape index (κ3) is 5.17. The number of nitrogens with zero attached hydrogens (tertiary/aromatic N) is 3. The average molecular weight is 597 g/mol. The van der Waals surface area contributed by atoms with Crippen molar-refractivity contribution in [1.82, 2.24) is 19.3 Å². The van der Waals surface area contributed by atoms with Crippen molar-refractivity contribution in [2.75, 3.05) is 0 Å². The monoisotopic (exact) mass is 596 g/mol. The smallest absolute Gasteiger partial charge is 0.387 e. The lowest BCUT2D eigenvalue weighted by Gasteiger charge is -2.16. The second-order valence-corrected chi connectivity index (χ2v) is 11.7. The van der Waals surface area contributed by atoms with E-state index in [4.69, 9.17) is 0 Å². The topological polar surface area (TPSA) is 123 Å². The van der Waals surface area contributed by atoms with E-state index in [2.05, 4.69) is 14.7 Å². The van der Waals surface area contributed by atoms with Crippen molar-refractivity contribution in [1.29, 1.82) is 0 Å². The number of nitrogens with one attached hydrogen (secondary N) is 1. The van der Waals surface area contributed by atoms with Gasteiger partial charge < -0.3 is 5.11 Å². The Morgan fingerprint density at radius 2 is 1.70 bits per heavy atom. The number of halogens is 1. The molecule has 0 bridgehead atoms. The van der Waals surface area contributed by atoms with Gasteiger partial charge in [0.15, 0.2) is 5.82 Å². The Labute approximate surface area is 247 Å². The molecule has 7 rings (SSSR count). The molecule has 11 heteroatoms. The van der Waals surface area contributed by atoms with Crippen LogP contribution in [-0.2, 0) is 13.1 Å². The number of fused-ring (bicyclic) bond motifs is 1. The van der Waals surface area contributed by atoms with Crippen LogP contribution in [0.25, 0.3) is 32.7 Å². The van der Waals surface area contributed by atoms with Crippen LogP contribution in [0.1, 0.15) is 40.9 Å². The van der Waals surface area contributed by atoms with E-state index < -0.39 is 28.9 Å². The highest BCUT2D eigenvalue weighted by Crippen LogP contribution is 2.44. The molecule has 3 aromatic heterocycles. The standard InChI is InChI=1S/C32H25FN4O5S/c33-22-13-11-20(12-14-22)26(38)17-36-29(39)25-15-27(21-9-10-21)43-30(25)37(32(36)41)16-18-5-7-19(8-6-18)23-3-1-2-4-24(23)28-34-31(40)42-35-28/h1-8,11-15,21,26,38H,9-10,16-17H2,(H,34,35,40). The lowest BCUT2D eigenvalue weighted by molar-refractivity contribution is 0.153. The maximum absolute atomic E-state index is 13.8. The van der Waals surface area contributed by atoms with Crippen LogP contribution >= 0.6 is 11.3 Å². The minimum absolute atomic E-state index is 0.214. The van der Waals surface area contributed by atoms with Gasteiger partial charge in [-0.1, -0.05) is 65.8 Å². The fourth-order valence-corrected chi connectivity index (χ4v) is 6.62. The summed E-state index contributed by atoms with van der Waals surface area (Å²) in [5.74, 6) is -0.349. The van der Waals surface area contributed by atoms with E-state index in [0.29, 0.717) is 33.1 Å². The number of aliphatic hydroxyl groups is 1. The van der Waals surface area contributed by atoms with Crippen LogP contribution < -0.4 is 17.0 Å². The van der Waals surface area contributed by atoms with Crippen molar-refractivity contribution < 1.29 is 14.0 Å². The van der Waals surface area contributed by atoms with Crippen molar-refractivity contribution in [3.63, 3.8) is 0 Å². The molecule has 1 fully saturated rings. The number of aromatic nitrogens is 4. The summed E-state index contributed by atoms with van der Waals surface area (Å²) in [5.41, 5.74) is 2.70. The molecule has 3 heterocycles. The summed E-state index contributed by atoms with van der Waals surface area (Å²) >= 11 is 1.47. The molecule has 2 N–H and O–H groups in total. The summed E-state index contributed by atoms with van der Waals surface area (Å²) in [7, 11) is 0. The van der Waals surface area contributed by atoms with Crippen molar-refractivity contribution >= 4 is 21.6 Å². The van der Waals surface area contributed by atoms with E-state index >= 15 is 0 Å². The number of benzene rings is 3. The first kappa shape index (κ1) is 27.0. The molecule has 0 amide bonds. The van der Waals surface area contributed by atoms with Gasteiger partial charge in [-0.2, -0.15) is 0 Å². The number of hydrogen-bond acceptors (Lipinski definition) is 7. The lowest BCUT2D eigenvalue weighted by Crippen LogP contribution is -2.41. The molecule has 216 valence electrons. The molecule has 1 aliphatic carbocycles. The first-order chi connectivity index (χ1) is 20.9. The highest BCUT2D eigenvalue weighted by molar-refractivity contribution is 7.18. The average Bonchev–Trinajstić information content (AvgIpc) is 3.63. The SMILES string of the molecule is O=c1[nH]c(-c2ccccc2-c2ccc(Cn3c(=O)n(CC(O)c4ccc(F)cc4)c(=O)c4cc(C5CC5)sc43)cc2)no1. The Morgan fingerprint density at radius 1 is 0.977 bits per heavy atom. The Bertz CT molecular complexity index is 2140. The van der Waals surface area contributed by atoms with Gasteiger partial charge in [0, 0.05) is 10.4 Å². The molecule has 1 aliphatic rings. The van der Waals surface area contributed by atoms with E-state index in [9.17, 15) is 23.9 Å². The van der Waals surface area contributed by atoms with Crippen molar-refractivity contribution in [2.24, 2.45) is 0 Å². The van der Waals surface area contributed by atoms with Crippen LogP contribution in [0.3, 0.4) is 0 Å². The van der Waals surface area contributed by atoms with Crippen LogP contribution in [0.5, 0.6) is 0 Å². The van der Waals surface area contributed by atoms with E-state index in [1.54, 1.807) is 4.57 Å². The maximum Gasteiger partial charge on any atom is 0.439 e. The van der Waals surface area contributed by atoms with Gasteiger partial charge in [-0.05, 0) is 59.2 Å². The molecular formula is C32H25FN4O5S. The fraction of sp³-hybridized carbons (Fsp3) is 0.188. The Hall–Kier alpha value is -4.87. The van der Waals surface area contributed by atoms with Crippen LogP contribution in [-0.4, -0.2) is 24.4 Å². The first-order valence-corrected chi connectivity index (χ1v) is 14.6. The molecule has 6 aromatic rings. The van der Waals surface area contributed by atoms with Gasteiger partial charge in [0.25, 0.3) is 5.56 Å². The first-order valence-electron chi connectivity index (χ1n) is 13.8. The van der Waals surface area contributed by atoms with Gasteiger partial charge in [-0.25, -0.2) is 14.0 Å². The van der Waals surface area contributed by atoms with Crippen molar-refractivity contribution in [3.05, 3.63) is 132 Å². The van der Waals surface area contributed by atoms with Gasteiger partial charge in [-0.3, -0.25) is 23.4 Å². The highest BCUT2D eigenvalue weighted by atomic mass is 32.1. The molecule has 1 atom stereocenters. The van der Waals surface area contributed by atoms with Crippen molar-refractivity contribution in [3.8, 4) is 22.5 Å². The van der Waals surface area contributed by atoms with Gasteiger partial charge in [0.2, 0.25) is 0 Å². The third-order valence-corrected chi connectivity index (χ3v) is 9.05. The summed E-state index contributed by atoms with van der Waals surface area (Å²) in [5, 5.41) is 15.1. The minimum Gasteiger partial charge on any atom is -0.387 e. The molecule has 1 unspecified atom stereocenters. The Morgan fingerprint density at radius 3 is 2.37 bits per heavy atom. The zero-order valence-electron chi connectivity index (χ0n) is 22.7. The predicted octanol–water partition coefficient (Wildman–Crippen LogP) is 5.03. The van der Waals surface area contributed by atoms with Gasteiger partial charge in [-0.15, -0.1) is 11.3 Å². The van der Waals surface area contributed by atoms with E-state index in [1.807, 2.05) is 54.6 Å². The number of hydrogen-bond donors (Lipinski definition) is 2. The normalized spacial score (nSPS) is 13.9. The summed E-state index contributed by atoms with van der Waals surface area (Å²) in [6, 6.07) is 22.4. The molecule has 43 heavy (non-hydrogen) atoms. The van der Waals surface area contributed by atoms with Gasteiger partial charge in [0.05, 0.1) is 24.6 Å². The zero-order chi connectivity index (χ0) is 29.7. The molecule has 0 radical (unpaired) electrons. The lowest BCUT2D eigenvalue weighted by atomic mass is 9.98. The van der Waals surface area contributed by atoms with E-state index in [0.717, 1.165) is 39.0 Å². The number of aromatic amines is 1. The largest absolute Gasteiger partial charge is 0.439 e. The van der Waals surface area contributed by atoms with Gasteiger partial charge in [0.1, 0.15) is 10.6 Å². The summed E-state index contributed by atoms with van der Waals surface area (Å²) in [4.78, 5) is 43.2. The van der Waals surface area contributed by atoms with E-state index in [1.165, 1.54) is 35.6 Å². The van der Waals surface area contributed by atoms with Crippen molar-refractivity contribution in [2.45, 2.75) is 38.0 Å². The Balaban J connectivity index is 1.26. The highest BCUT2D eigenvalue weighted by Gasteiger charge is 2.28. The molecule has 0 aliphatic heterocycles. The predicted molar refractivity (Wildman–Crippen MR) is 161 cm³/mol. The van der Waals surface area contributed by atoms with Crippen LogP contribution in [0.4, 0.5) is 4.39 Å². The maximum atomic E-state index is 13.8. The number of thiophene rings is 1. The summed E-state index contributed by atoms with van der Waals surface area (Å²) in [6.07, 6.45) is 0.941. The molecule has 0 spiro atoms. The minimum atomic E-state index is -1.17. The molecule has 9 nitrogen and oxygen atoms in total. The summed E-state index contributed by atoms with van der Waals surface area (Å²) in [6.45, 7) is -0.0425. The summed E-state index contributed by atoms with van der Waals surface area (Å²) < 4.78 is 20.8. The number of H-pyrrole nitrogens is 1. The Kier molecular flexibility index (Phi) is 6.75. The number of rotatable bonds is 8. The molecule has 1 saturated carbocycles. The number of aliphatic hydroxyl groups excluding tert-OH is 1. The zero-order valence-corrected chi connectivity index (χ0v) is 23.5. The quantitative estimate of drug-likeness (QED) is 0.254. The van der Waals surface area contributed by atoms with Gasteiger partial charge >= 0.3 is 11.4 Å². The molecular weight excluding hydrogens is 571 g/mol. The molecule has 0 saturated heterocycles.